The molecule has 9 nitrogen and oxygen atoms in total. The summed E-state index contributed by atoms with van der Waals surface area (Å²) < 4.78 is 9.68. The third kappa shape index (κ3) is 3.68. The van der Waals surface area contributed by atoms with Crippen LogP contribution in [0.1, 0.15) is 25.5 Å². The number of carbonyl (C=O) groups excluding carboxylic acids is 4. The van der Waals surface area contributed by atoms with E-state index in [-0.39, 0.29) is 18.7 Å². The van der Waals surface area contributed by atoms with Gasteiger partial charge in [-0.2, -0.15) is 0 Å². The molecular formula is C13H15N3O6. The number of esters is 1. The summed E-state index contributed by atoms with van der Waals surface area (Å²) in [5.41, 5.74) is 0. The Hall–Kier alpha value is -2.71. The third-order valence-corrected chi connectivity index (χ3v) is 3.00. The largest absolute Gasteiger partial charge is 0.451 e. The number of imide groups is 1. The monoisotopic (exact) mass is 309 g/mol. The lowest BCUT2D eigenvalue weighted by molar-refractivity contribution is -0.158. The third-order valence-electron chi connectivity index (χ3n) is 3.00. The predicted molar refractivity (Wildman–Crippen MR) is 71.4 cm³/mol. The summed E-state index contributed by atoms with van der Waals surface area (Å²) in [4.78, 5) is 47.1. The molecule has 2 rings (SSSR count). The van der Waals surface area contributed by atoms with Crippen molar-refractivity contribution >= 4 is 29.5 Å². The van der Waals surface area contributed by atoms with Crippen LogP contribution in [0.15, 0.2) is 10.6 Å². The number of aryl methyl sites for hydroxylation is 1. The van der Waals surface area contributed by atoms with Crippen LogP contribution in [-0.2, 0) is 23.9 Å². The van der Waals surface area contributed by atoms with Crippen LogP contribution in [0, 0.1) is 6.92 Å². The van der Waals surface area contributed by atoms with Crippen molar-refractivity contribution in [3.8, 4) is 0 Å². The van der Waals surface area contributed by atoms with E-state index in [4.69, 9.17) is 9.26 Å². The number of aromatic nitrogens is 1. The Morgan fingerprint density at radius 3 is 2.59 bits per heavy atom. The van der Waals surface area contributed by atoms with E-state index in [2.05, 4.69) is 10.5 Å². The fourth-order valence-corrected chi connectivity index (χ4v) is 1.87. The Balaban J connectivity index is 1.84. The van der Waals surface area contributed by atoms with E-state index in [9.17, 15) is 19.2 Å². The van der Waals surface area contributed by atoms with Crippen LogP contribution in [0.5, 0.6) is 0 Å². The molecule has 1 aromatic rings. The highest BCUT2D eigenvalue weighted by Crippen LogP contribution is 2.12. The van der Waals surface area contributed by atoms with E-state index >= 15 is 0 Å². The molecule has 1 aliphatic rings. The molecule has 1 atom stereocenters. The number of nitrogens with zero attached hydrogens (tertiary/aromatic N) is 2. The SMILES string of the molecule is Cc1cc(NC(=O)C(C)OC(=O)CN2C(=O)CCC2=O)no1. The molecule has 1 N–H and O–H groups in total. The predicted octanol–water partition coefficient (Wildman–Crippen LogP) is 0.00222. The molecule has 0 bridgehead atoms. The molecule has 0 aromatic carbocycles. The number of hydrogen-bond acceptors (Lipinski definition) is 7. The minimum absolute atomic E-state index is 0.0909. The van der Waals surface area contributed by atoms with E-state index in [1.807, 2.05) is 0 Å². The van der Waals surface area contributed by atoms with Gasteiger partial charge in [-0.05, 0) is 13.8 Å². The highest BCUT2D eigenvalue weighted by molar-refractivity contribution is 6.04. The molecule has 0 spiro atoms. The lowest BCUT2D eigenvalue weighted by Crippen LogP contribution is -2.38. The van der Waals surface area contributed by atoms with Crippen molar-refractivity contribution in [2.24, 2.45) is 0 Å². The summed E-state index contributed by atoms with van der Waals surface area (Å²) in [6, 6.07) is 1.51. The van der Waals surface area contributed by atoms with Gasteiger partial charge < -0.3 is 14.6 Å². The summed E-state index contributed by atoms with van der Waals surface area (Å²) in [7, 11) is 0. The van der Waals surface area contributed by atoms with Crippen LogP contribution >= 0.6 is 0 Å². The molecule has 2 heterocycles. The molecule has 1 saturated heterocycles. The lowest BCUT2D eigenvalue weighted by atomic mass is 10.3. The lowest BCUT2D eigenvalue weighted by Gasteiger charge is -2.16. The summed E-state index contributed by atoms with van der Waals surface area (Å²) in [6.07, 6.45) is -0.918. The maximum atomic E-state index is 11.8. The Morgan fingerprint density at radius 1 is 1.41 bits per heavy atom. The minimum Gasteiger partial charge on any atom is -0.451 e. The fraction of sp³-hybridized carbons (Fsp3) is 0.462. The van der Waals surface area contributed by atoms with Gasteiger partial charge in [0.05, 0.1) is 0 Å². The zero-order valence-corrected chi connectivity index (χ0v) is 12.1. The average Bonchev–Trinajstić information content (AvgIpc) is 2.99. The summed E-state index contributed by atoms with van der Waals surface area (Å²) in [6.45, 7) is 2.54. The average molecular weight is 309 g/mol. The summed E-state index contributed by atoms with van der Waals surface area (Å²) >= 11 is 0. The topological polar surface area (TPSA) is 119 Å². The number of anilines is 1. The molecular weight excluding hydrogens is 294 g/mol. The molecule has 9 heteroatoms. The number of likely N-dealkylation sites (tertiary alicyclic amines) is 1. The molecule has 0 radical (unpaired) electrons. The smallest absolute Gasteiger partial charge is 0.326 e. The van der Waals surface area contributed by atoms with Gasteiger partial charge in [0.2, 0.25) is 11.8 Å². The molecule has 1 fully saturated rings. The van der Waals surface area contributed by atoms with Crippen molar-refractivity contribution in [3.05, 3.63) is 11.8 Å². The van der Waals surface area contributed by atoms with Gasteiger partial charge in [-0.3, -0.25) is 24.1 Å². The van der Waals surface area contributed by atoms with Gasteiger partial charge >= 0.3 is 5.97 Å². The molecule has 0 aliphatic carbocycles. The van der Waals surface area contributed by atoms with Gasteiger partial charge in [0, 0.05) is 18.9 Å². The fourth-order valence-electron chi connectivity index (χ4n) is 1.87. The Bertz CT molecular complexity index is 607. The van der Waals surface area contributed by atoms with Crippen molar-refractivity contribution in [2.45, 2.75) is 32.8 Å². The number of nitrogens with one attached hydrogen (secondary N) is 1. The minimum atomic E-state index is -1.10. The molecule has 3 amide bonds. The second kappa shape index (κ2) is 6.37. The van der Waals surface area contributed by atoms with E-state index in [0.717, 1.165) is 4.90 Å². The number of amides is 3. The number of rotatable bonds is 5. The van der Waals surface area contributed by atoms with Crippen molar-refractivity contribution in [3.63, 3.8) is 0 Å². The zero-order valence-electron chi connectivity index (χ0n) is 12.1. The quantitative estimate of drug-likeness (QED) is 0.600. The van der Waals surface area contributed by atoms with Crippen LogP contribution in [0.25, 0.3) is 0 Å². The first kappa shape index (κ1) is 15.7. The van der Waals surface area contributed by atoms with Gasteiger partial charge in [0.25, 0.3) is 5.91 Å². The van der Waals surface area contributed by atoms with Crippen LogP contribution in [0.4, 0.5) is 5.82 Å². The summed E-state index contributed by atoms with van der Waals surface area (Å²) in [5, 5.41) is 5.99. The first-order valence-electron chi connectivity index (χ1n) is 6.63. The van der Waals surface area contributed by atoms with Crippen LogP contribution in [0.3, 0.4) is 0 Å². The van der Waals surface area contributed by atoms with Gasteiger partial charge in [-0.1, -0.05) is 5.16 Å². The number of hydrogen-bond donors (Lipinski definition) is 1. The maximum Gasteiger partial charge on any atom is 0.326 e. The highest BCUT2D eigenvalue weighted by Gasteiger charge is 2.31. The second-order valence-electron chi connectivity index (χ2n) is 4.82. The normalized spacial score (nSPS) is 15.8. The van der Waals surface area contributed by atoms with Crippen molar-refractivity contribution in [2.75, 3.05) is 11.9 Å². The molecule has 118 valence electrons. The van der Waals surface area contributed by atoms with Crippen LogP contribution in [-0.4, -0.2) is 46.4 Å². The van der Waals surface area contributed by atoms with Gasteiger partial charge in [0.15, 0.2) is 11.9 Å². The van der Waals surface area contributed by atoms with Crippen LogP contribution in [0.2, 0.25) is 0 Å². The molecule has 1 aromatic heterocycles. The Labute approximate surface area is 125 Å². The van der Waals surface area contributed by atoms with E-state index in [0.29, 0.717) is 5.76 Å². The molecule has 0 saturated carbocycles. The summed E-state index contributed by atoms with van der Waals surface area (Å²) in [5.74, 6) is -1.54. The maximum absolute atomic E-state index is 11.8. The highest BCUT2D eigenvalue weighted by atomic mass is 16.5. The van der Waals surface area contributed by atoms with Gasteiger partial charge in [-0.15, -0.1) is 0 Å². The molecule has 22 heavy (non-hydrogen) atoms. The molecule has 1 aliphatic heterocycles. The van der Waals surface area contributed by atoms with Crippen LogP contribution < -0.4 is 5.32 Å². The van der Waals surface area contributed by atoms with Crippen molar-refractivity contribution in [1.29, 1.82) is 0 Å². The van der Waals surface area contributed by atoms with Crippen molar-refractivity contribution in [1.82, 2.24) is 10.1 Å². The zero-order chi connectivity index (χ0) is 16.3. The number of ether oxygens (including phenoxy) is 1. The van der Waals surface area contributed by atoms with E-state index < -0.39 is 36.3 Å². The Morgan fingerprint density at radius 2 is 2.05 bits per heavy atom. The number of carbonyl (C=O) groups is 4. The first-order chi connectivity index (χ1) is 10.4. The van der Waals surface area contributed by atoms with Gasteiger partial charge in [0.1, 0.15) is 12.3 Å². The Kier molecular flexibility index (Phi) is 4.54. The second-order valence-corrected chi connectivity index (χ2v) is 4.82. The van der Waals surface area contributed by atoms with E-state index in [1.165, 1.54) is 13.0 Å². The van der Waals surface area contributed by atoms with Crippen molar-refractivity contribution < 1.29 is 28.4 Å². The standard InChI is InChI=1S/C13H15N3O6/c1-7-5-9(15-22-7)14-13(20)8(2)21-12(19)6-16-10(17)3-4-11(16)18/h5,8H,3-4,6H2,1-2H3,(H,14,15,20). The van der Waals surface area contributed by atoms with E-state index in [1.54, 1.807) is 6.92 Å². The first-order valence-corrected chi connectivity index (χ1v) is 6.63. The molecule has 1 unspecified atom stereocenters. The van der Waals surface area contributed by atoms with Gasteiger partial charge in [-0.25, -0.2) is 0 Å².